The van der Waals surface area contributed by atoms with E-state index in [0.29, 0.717) is 11.1 Å². The molecule has 0 spiro atoms. The van der Waals surface area contributed by atoms with Crippen LogP contribution in [-0.4, -0.2) is 54.2 Å². The van der Waals surface area contributed by atoms with Crippen molar-refractivity contribution in [2.45, 2.75) is 25.9 Å². The summed E-state index contributed by atoms with van der Waals surface area (Å²) >= 11 is 0. The first-order chi connectivity index (χ1) is 13.7. The van der Waals surface area contributed by atoms with Crippen molar-refractivity contribution in [3.8, 4) is 0 Å². The highest BCUT2D eigenvalue weighted by Crippen LogP contribution is 2.26. The number of nitrogens with zero attached hydrogens (tertiary/aromatic N) is 2. The second-order valence-electron chi connectivity index (χ2n) is 7.48. The molecule has 0 fully saturated rings. The maximum atomic E-state index is 13.2. The molecule has 1 aliphatic heterocycles. The lowest BCUT2D eigenvalue weighted by molar-refractivity contribution is -0.124. The Balaban J connectivity index is 1.71. The van der Waals surface area contributed by atoms with Crippen molar-refractivity contribution in [3.05, 3.63) is 70.5 Å². The Morgan fingerprint density at radius 2 is 1.69 bits per heavy atom. The molecule has 0 bridgehead atoms. The first-order valence-electron chi connectivity index (χ1n) is 9.39. The van der Waals surface area contributed by atoms with E-state index < -0.39 is 23.8 Å². The molecule has 1 heterocycles. The molecule has 29 heavy (non-hydrogen) atoms. The van der Waals surface area contributed by atoms with Gasteiger partial charge in [0.2, 0.25) is 5.91 Å². The molecule has 7 heteroatoms. The first kappa shape index (κ1) is 20.7. The number of benzene rings is 2. The van der Waals surface area contributed by atoms with Crippen LogP contribution in [0.3, 0.4) is 0 Å². The second kappa shape index (κ2) is 8.13. The number of halogens is 1. The van der Waals surface area contributed by atoms with Gasteiger partial charge in [-0.25, -0.2) is 4.39 Å². The number of fused-ring (bicyclic) bond motifs is 1. The van der Waals surface area contributed by atoms with Gasteiger partial charge in [-0.3, -0.25) is 19.3 Å². The van der Waals surface area contributed by atoms with Gasteiger partial charge in [-0.05, 0) is 57.8 Å². The van der Waals surface area contributed by atoms with Gasteiger partial charge in [-0.2, -0.15) is 0 Å². The van der Waals surface area contributed by atoms with Crippen molar-refractivity contribution >= 4 is 17.7 Å². The Bertz CT molecular complexity index is 956. The molecule has 0 saturated heterocycles. The minimum absolute atomic E-state index is 0.184. The summed E-state index contributed by atoms with van der Waals surface area (Å²) in [5.74, 6) is -1.68. The molecule has 152 valence electrons. The number of carbonyl (C=O) groups is 3. The fourth-order valence-electron chi connectivity index (χ4n) is 3.47. The van der Waals surface area contributed by atoms with E-state index in [2.05, 4.69) is 5.32 Å². The molecular weight excluding hydrogens is 373 g/mol. The predicted molar refractivity (Wildman–Crippen MR) is 107 cm³/mol. The van der Waals surface area contributed by atoms with Crippen LogP contribution < -0.4 is 5.32 Å². The summed E-state index contributed by atoms with van der Waals surface area (Å²) in [6, 6.07) is 10.00. The number of rotatable bonds is 6. The molecule has 0 aliphatic carbocycles. The Kier molecular flexibility index (Phi) is 5.79. The summed E-state index contributed by atoms with van der Waals surface area (Å²) in [5.41, 5.74) is 2.36. The highest BCUT2D eigenvalue weighted by Gasteiger charge is 2.40. The molecule has 3 rings (SSSR count). The molecule has 1 aliphatic rings. The SMILES string of the molecule is Cc1ccc2c(c1)C(=O)N(C(C)C(=O)NCC(c1ccc(F)cc1)N(C)C)C2=O. The van der Waals surface area contributed by atoms with Gasteiger partial charge in [0.25, 0.3) is 11.8 Å². The monoisotopic (exact) mass is 397 g/mol. The van der Waals surface area contributed by atoms with E-state index in [9.17, 15) is 18.8 Å². The number of hydrogen-bond acceptors (Lipinski definition) is 4. The highest BCUT2D eigenvalue weighted by molar-refractivity contribution is 6.22. The largest absolute Gasteiger partial charge is 0.352 e. The summed E-state index contributed by atoms with van der Waals surface area (Å²) in [4.78, 5) is 41.0. The molecule has 0 aromatic heterocycles. The van der Waals surface area contributed by atoms with Gasteiger partial charge in [0.15, 0.2) is 0 Å². The van der Waals surface area contributed by atoms with Crippen LogP contribution in [0.5, 0.6) is 0 Å². The average Bonchev–Trinajstić information content (AvgIpc) is 2.92. The van der Waals surface area contributed by atoms with Gasteiger partial charge in [0, 0.05) is 6.54 Å². The van der Waals surface area contributed by atoms with Crippen LogP contribution in [0.2, 0.25) is 0 Å². The molecule has 2 aromatic rings. The molecule has 0 saturated carbocycles. The standard InChI is InChI=1S/C22H24FN3O3/c1-13-5-10-17-18(11-13)22(29)26(21(17)28)14(2)20(27)24-12-19(25(3)4)15-6-8-16(23)9-7-15/h5-11,14,19H,12H2,1-4H3,(H,24,27). The van der Waals surface area contributed by atoms with Crippen LogP contribution >= 0.6 is 0 Å². The van der Waals surface area contributed by atoms with Crippen LogP contribution in [-0.2, 0) is 4.79 Å². The molecule has 1 N–H and O–H groups in total. The summed E-state index contributed by atoms with van der Waals surface area (Å²) < 4.78 is 13.2. The lowest BCUT2D eigenvalue weighted by Gasteiger charge is -2.27. The molecule has 0 radical (unpaired) electrons. The van der Waals surface area contributed by atoms with E-state index in [1.54, 1.807) is 30.3 Å². The molecule has 6 nitrogen and oxygen atoms in total. The van der Waals surface area contributed by atoms with Crippen molar-refractivity contribution in [2.75, 3.05) is 20.6 Å². The Morgan fingerprint density at radius 1 is 1.07 bits per heavy atom. The molecule has 2 atom stereocenters. The average molecular weight is 397 g/mol. The number of carbonyl (C=O) groups excluding carboxylic acids is 3. The minimum Gasteiger partial charge on any atom is -0.352 e. The lowest BCUT2D eigenvalue weighted by Crippen LogP contribution is -2.49. The molecule has 3 amide bonds. The van der Waals surface area contributed by atoms with Crippen LogP contribution in [0.1, 0.15) is 44.8 Å². The summed E-state index contributed by atoms with van der Waals surface area (Å²) in [6.45, 7) is 3.63. The fourth-order valence-corrected chi connectivity index (χ4v) is 3.47. The quantitative estimate of drug-likeness (QED) is 0.761. The van der Waals surface area contributed by atoms with Gasteiger partial charge in [0.05, 0.1) is 17.2 Å². The van der Waals surface area contributed by atoms with Crippen molar-refractivity contribution in [1.82, 2.24) is 15.1 Å². The number of imide groups is 1. The van der Waals surface area contributed by atoms with Crippen LogP contribution in [0.25, 0.3) is 0 Å². The van der Waals surface area contributed by atoms with Crippen LogP contribution in [0, 0.1) is 12.7 Å². The van der Waals surface area contributed by atoms with Gasteiger partial charge in [-0.1, -0.05) is 23.8 Å². The number of aryl methyl sites for hydroxylation is 1. The van der Waals surface area contributed by atoms with Crippen LogP contribution in [0.4, 0.5) is 4.39 Å². The number of nitrogens with one attached hydrogen (secondary N) is 1. The third kappa shape index (κ3) is 4.05. The van der Waals surface area contributed by atoms with Gasteiger partial charge >= 0.3 is 0 Å². The lowest BCUT2D eigenvalue weighted by atomic mass is 10.1. The van der Waals surface area contributed by atoms with E-state index in [0.717, 1.165) is 16.0 Å². The molecule has 2 aromatic carbocycles. The zero-order valence-corrected chi connectivity index (χ0v) is 16.9. The third-order valence-electron chi connectivity index (χ3n) is 5.19. The number of amides is 3. The summed E-state index contributed by atoms with van der Waals surface area (Å²) in [5, 5.41) is 2.81. The van der Waals surface area contributed by atoms with Crippen molar-refractivity contribution in [1.29, 1.82) is 0 Å². The maximum Gasteiger partial charge on any atom is 0.262 e. The predicted octanol–water partition coefficient (Wildman–Crippen LogP) is 2.54. The zero-order chi connectivity index (χ0) is 21.3. The van der Waals surface area contributed by atoms with Crippen molar-refractivity contribution < 1.29 is 18.8 Å². The second-order valence-corrected chi connectivity index (χ2v) is 7.48. The van der Waals surface area contributed by atoms with E-state index in [1.165, 1.54) is 19.1 Å². The van der Waals surface area contributed by atoms with Crippen molar-refractivity contribution in [3.63, 3.8) is 0 Å². The van der Waals surface area contributed by atoms with E-state index in [-0.39, 0.29) is 18.4 Å². The first-order valence-corrected chi connectivity index (χ1v) is 9.39. The molecular formula is C22H24FN3O3. The highest BCUT2D eigenvalue weighted by atomic mass is 19.1. The Morgan fingerprint density at radius 3 is 2.31 bits per heavy atom. The summed E-state index contributed by atoms with van der Waals surface area (Å²) in [7, 11) is 3.71. The smallest absolute Gasteiger partial charge is 0.262 e. The van der Waals surface area contributed by atoms with E-state index in [1.807, 2.05) is 25.9 Å². The zero-order valence-electron chi connectivity index (χ0n) is 16.9. The topological polar surface area (TPSA) is 69.7 Å². The maximum absolute atomic E-state index is 13.2. The summed E-state index contributed by atoms with van der Waals surface area (Å²) in [6.07, 6.45) is 0. The fraction of sp³-hybridized carbons (Fsp3) is 0.318. The Labute approximate surface area is 169 Å². The van der Waals surface area contributed by atoms with Gasteiger partial charge < -0.3 is 10.2 Å². The van der Waals surface area contributed by atoms with E-state index in [4.69, 9.17) is 0 Å². The third-order valence-corrected chi connectivity index (χ3v) is 5.19. The van der Waals surface area contributed by atoms with Gasteiger partial charge in [-0.15, -0.1) is 0 Å². The molecule has 2 unspecified atom stereocenters. The van der Waals surface area contributed by atoms with Gasteiger partial charge in [0.1, 0.15) is 11.9 Å². The normalized spacial score (nSPS) is 15.4. The number of likely N-dealkylation sites (N-methyl/N-ethyl adjacent to an activating group) is 1. The van der Waals surface area contributed by atoms with Crippen LogP contribution in [0.15, 0.2) is 42.5 Å². The Hall–Kier alpha value is -3.06. The minimum atomic E-state index is -0.946. The van der Waals surface area contributed by atoms with Crippen molar-refractivity contribution in [2.24, 2.45) is 0 Å². The number of hydrogen-bond donors (Lipinski definition) is 1. The van der Waals surface area contributed by atoms with E-state index >= 15 is 0 Å².